The molecule has 3 rings (SSSR count). The number of ether oxygens (including phenoxy) is 2. The summed E-state index contributed by atoms with van der Waals surface area (Å²) in [7, 11) is 0. The van der Waals surface area contributed by atoms with Gasteiger partial charge in [-0.1, -0.05) is 18.1 Å². The third kappa shape index (κ3) is 2.93. The highest BCUT2D eigenvalue weighted by Gasteiger charge is 2.31. The number of hydrogen-bond acceptors (Lipinski definition) is 3. The Hall–Kier alpha value is -2.93. The molecule has 4 nitrogen and oxygen atoms in total. The van der Waals surface area contributed by atoms with Gasteiger partial charge in [0.15, 0.2) is 5.60 Å². The monoisotopic (exact) mass is 322 g/mol. The summed E-state index contributed by atoms with van der Waals surface area (Å²) < 4.78 is 11.4. The number of terminal acetylenes is 1. The number of fused-ring (bicyclic) bond motifs is 1. The maximum atomic E-state index is 11.4. The Morgan fingerprint density at radius 1 is 1.33 bits per heavy atom. The van der Waals surface area contributed by atoms with Crippen molar-refractivity contribution in [3.63, 3.8) is 0 Å². The van der Waals surface area contributed by atoms with Crippen molar-refractivity contribution in [2.45, 2.75) is 25.9 Å². The van der Waals surface area contributed by atoms with Crippen molar-refractivity contribution in [1.29, 1.82) is 0 Å². The molecule has 0 saturated heterocycles. The van der Waals surface area contributed by atoms with Crippen LogP contribution in [0.1, 0.15) is 25.0 Å². The number of carboxylic acid groups (broad SMARTS) is 1. The Bertz CT molecular complexity index is 843. The standard InChI is InChI=1S/C20H18O4/c1-4-13-6-5-7-14(10-13)16-11-15-8-9-23-17(15)12-18(16)24-20(2,3)19(21)22/h1,5-7,10-12H,8-9H2,2-3H3,(H,21,22). The predicted molar refractivity (Wildman–Crippen MR) is 91.4 cm³/mol. The van der Waals surface area contributed by atoms with Gasteiger partial charge in [-0.3, -0.25) is 0 Å². The first-order valence-electron chi connectivity index (χ1n) is 7.70. The first kappa shape index (κ1) is 15.9. The van der Waals surface area contributed by atoms with Gasteiger partial charge < -0.3 is 14.6 Å². The van der Waals surface area contributed by atoms with Crippen molar-refractivity contribution in [3.05, 3.63) is 47.5 Å². The van der Waals surface area contributed by atoms with Gasteiger partial charge in [0.25, 0.3) is 0 Å². The molecule has 1 aliphatic rings. The summed E-state index contributed by atoms with van der Waals surface area (Å²) in [6, 6.07) is 11.3. The molecule has 0 amide bonds. The lowest BCUT2D eigenvalue weighted by Gasteiger charge is -2.24. The van der Waals surface area contributed by atoms with Crippen molar-refractivity contribution in [1.82, 2.24) is 0 Å². The lowest BCUT2D eigenvalue weighted by Crippen LogP contribution is -2.38. The Kier molecular flexibility index (Phi) is 3.94. The highest BCUT2D eigenvalue weighted by atomic mass is 16.5. The molecule has 0 radical (unpaired) electrons. The summed E-state index contributed by atoms with van der Waals surface area (Å²) in [6.07, 6.45) is 6.31. The summed E-state index contributed by atoms with van der Waals surface area (Å²) in [5.74, 6) is 2.79. The van der Waals surface area contributed by atoms with E-state index in [0.717, 1.165) is 34.4 Å². The van der Waals surface area contributed by atoms with Crippen LogP contribution in [0.4, 0.5) is 0 Å². The first-order chi connectivity index (χ1) is 11.4. The molecule has 0 aliphatic carbocycles. The van der Waals surface area contributed by atoms with E-state index in [1.807, 2.05) is 30.3 Å². The van der Waals surface area contributed by atoms with E-state index >= 15 is 0 Å². The van der Waals surface area contributed by atoms with E-state index < -0.39 is 11.6 Å². The molecule has 0 aromatic heterocycles. The van der Waals surface area contributed by atoms with Gasteiger partial charge >= 0.3 is 5.97 Å². The van der Waals surface area contributed by atoms with Crippen LogP contribution < -0.4 is 9.47 Å². The van der Waals surface area contributed by atoms with Crippen molar-refractivity contribution >= 4 is 5.97 Å². The Morgan fingerprint density at radius 3 is 2.83 bits per heavy atom. The third-order valence-corrected chi connectivity index (χ3v) is 4.01. The summed E-state index contributed by atoms with van der Waals surface area (Å²) in [5, 5.41) is 9.36. The maximum absolute atomic E-state index is 11.4. The zero-order valence-electron chi connectivity index (χ0n) is 13.6. The highest BCUT2D eigenvalue weighted by Crippen LogP contribution is 2.40. The normalized spacial score (nSPS) is 12.9. The van der Waals surface area contributed by atoms with Crippen LogP contribution in [0.2, 0.25) is 0 Å². The average molecular weight is 322 g/mol. The van der Waals surface area contributed by atoms with Crippen molar-refractivity contribution in [2.24, 2.45) is 0 Å². The minimum Gasteiger partial charge on any atom is -0.493 e. The van der Waals surface area contributed by atoms with Gasteiger partial charge in [-0.25, -0.2) is 4.79 Å². The fraction of sp³-hybridized carbons (Fsp3) is 0.250. The van der Waals surface area contributed by atoms with Crippen LogP contribution in [0.25, 0.3) is 11.1 Å². The number of benzene rings is 2. The van der Waals surface area contributed by atoms with Crippen molar-refractivity contribution < 1.29 is 19.4 Å². The fourth-order valence-electron chi connectivity index (χ4n) is 2.61. The van der Waals surface area contributed by atoms with Gasteiger partial charge in [-0.2, -0.15) is 0 Å². The van der Waals surface area contributed by atoms with E-state index in [2.05, 4.69) is 5.92 Å². The molecular weight excluding hydrogens is 304 g/mol. The minimum absolute atomic E-state index is 0.470. The van der Waals surface area contributed by atoms with E-state index in [9.17, 15) is 9.90 Å². The number of carbonyl (C=O) groups is 1. The van der Waals surface area contributed by atoms with Crippen LogP contribution in [-0.4, -0.2) is 23.3 Å². The van der Waals surface area contributed by atoms with Gasteiger partial charge in [0.1, 0.15) is 11.5 Å². The molecule has 1 heterocycles. The largest absolute Gasteiger partial charge is 0.493 e. The summed E-state index contributed by atoms with van der Waals surface area (Å²) >= 11 is 0. The molecule has 1 aliphatic heterocycles. The molecular formula is C20H18O4. The molecule has 24 heavy (non-hydrogen) atoms. The summed E-state index contributed by atoms with van der Waals surface area (Å²) in [5.41, 5.74) is 2.18. The molecule has 0 saturated carbocycles. The molecule has 1 N–H and O–H groups in total. The quantitative estimate of drug-likeness (QED) is 0.875. The van der Waals surface area contributed by atoms with Gasteiger partial charge in [-0.15, -0.1) is 6.42 Å². The minimum atomic E-state index is -1.36. The van der Waals surface area contributed by atoms with E-state index in [-0.39, 0.29) is 0 Å². The molecule has 4 heteroatoms. The summed E-state index contributed by atoms with van der Waals surface area (Å²) in [4.78, 5) is 11.4. The van der Waals surface area contributed by atoms with Crippen molar-refractivity contribution in [3.8, 4) is 35.0 Å². The van der Waals surface area contributed by atoms with Crippen LogP contribution in [0.15, 0.2) is 36.4 Å². The maximum Gasteiger partial charge on any atom is 0.347 e. The fourth-order valence-corrected chi connectivity index (χ4v) is 2.61. The number of hydrogen-bond donors (Lipinski definition) is 1. The van der Waals surface area contributed by atoms with Crippen LogP contribution in [0, 0.1) is 12.3 Å². The molecule has 0 spiro atoms. The Morgan fingerprint density at radius 2 is 2.12 bits per heavy atom. The summed E-state index contributed by atoms with van der Waals surface area (Å²) in [6.45, 7) is 3.65. The van der Waals surface area contributed by atoms with Crippen molar-refractivity contribution in [2.75, 3.05) is 6.61 Å². The molecule has 2 aromatic rings. The van der Waals surface area contributed by atoms with Gasteiger partial charge in [-0.05, 0) is 43.2 Å². The second-order valence-corrected chi connectivity index (χ2v) is 6.20. The van der Waals surface area contributed by atoms with E-state index in [1.165, 1.54) is 13.8 Å². The Balaban J connectivity index is 2.13. The molecule has 0 fully saturated rings. The zero-order chi connectivity index (χ0) is 17.3. The van der Waals surface area contributed by atoms with Crippen LogP contribution in [-0.2, 0) is 11.2 Å². The van der Waals surface area contributed by atoms with Gasteiger partial charge in [0, 0.05) is 23.6 Å². The topological polar surface area (TPSA) is 55.8 Å². The van der Waals surface area contributed by atoms with Crippen LogP contribution in [0.5, 0.6) is 11.5 Å². The van der Waals surface area contributed by atoms with E-state index in [0.29, 0.717) is 12.4 Å². The molecule has 0 bridgehead atoms. The number of aliphatic carboxylic acids is 1. The second kappa shape index (κ2) is 5.93. The SMILES string of the molecule is C#Cc1cccc(-c2cc3c(cc2OC(C)(C)C(=O)O)OCC3)c1. The zero-order valence-corrected chi connectivity index (χ0v) is 13.6. The van der Waals surface area contributed by atoms with Crippen LogP contribution in [0.3, 0.4) is 0 Å². The number of rotatable bonds is 4. The van der Waals surface area contributed by atoms with Gasteiger partial charge in [0.2, 0.25) is 0 Å². The lowest BCUT2D eigenvalue weighted by molar-refractivity contribution is -0.152. The lowest BCUT2D eigenvalue weighted by atomic mass is 9.98. The third-order valence-electron chi connectivity index (χ3n) is 4.01. The molecule has 122 valence electrons. The highest BCUT2D eigenvalue weighted by molar-refractivity contribution is 5.79. The Labute approximate surface area is 141 Å². The number of carboxylic acids is 1. The smallest absolute Gasteiger partial charge is 0.347 e. The predicted octanol–water partition coefficient (Wildman–Crippen LogP) is 3.51. The van der Waals surface area contributed by atoms with Crippen LogP contribution >= 0.6 is 0 Å². The van der Waals surface area contributed by atoms with E-state index in [4.69, 9.17) is 15.9 Å². The van der Waals surface area contributed by atoms with E-state index in [1.54, 1.807) is 6.07 Å². The van der Waals surface area contributed by atoms with Gasteiger partial charge in [0.05, 0.1) is 6.61 Å². The molecule has 2 aromatic carbocycles. The first-order valence-corrected chi connectivity index (χ1v) is 7.70. The second-order valence-electron chi connectivity index (χ2n) is 6.20. The molecule has 0 atom stereocenters. The molecule has 0 unspecified atom stereocenters. The average Bonchev–Trinajstić information content (AvgIpc) is 3.01.